The molecule has 3 aromatic carbocycles. The molecule has 1 amide bonds. The molecule has 0 fully saturated rings. The maximum absolute atomic E-state index is 12.9. The molecule has 0 aliphatic rings. The Balaban J connectivity index is 0.00000158. The molecule has 1 aromatic heterocycles. The van der Waals surface area contributed by atoms with Crippen LogP contribution in [0.2, 0.25) is 0 Å². The standard InChI is InChI=1S/C27H24N2O3.C2H6/c1-2-25(26(30)29-24-13-12-23-17-28-15-14-22(23)16-24)20-10-8-19(9-11-20)18-32-27(31)21-6-4-3-5-7-21;1-2/h3-17,25H,2,18H2,1H3,(H,29,30);1-2H3/t25-;/m1./s1. The van der Waals surface area contributed by atoms with Gasteiger partial charge in [0, 0.05) is 23.5 Å². The second-order valence-corrected chi connectivity index (χ2v) is 7.57. The van der Waals surface area contributed by atoms with Crippen LogP contribution in [0, 0.1) is 0 Å². The second-order valence-electron chi connectivity index (χ2n) is 7.57. The van der Waals surface area contributed by atoms with Crippen molar-refractivity contribution >= 4 is 28.3 Å². The third kappa shape index (κ3) is 6.29. The molecule has 34 heavy (non-hydrogen) atoms. The molecule has 0 saturated carbocycles. The van der Waals surface area contributed by atoms with E-state index in [1.165, 1.54) is 0 Å². The molecular formula is C29H30N2O3. The summed E-state index contributed by atoms with van der Waals surface area (Å²) in [5, 5.41) is 5.08. The molecular weight excluding hydrogens is 424 g/mol. The summed E-state index contributed by atoms with van der Waals surface area (Å²) < 4.78 is 5.38. The molecule has 5 heteroatoms. The molecule has 1 heterocycles. The van der Waals surface area contributed by atoms with E-state index in [-0.39, 0.29) is 24.4 Å². The van der Waals surface area contributed by atoms with Crippen LogP contribution in [0.1, 0.15) is 54.6 Å². The quantitative estimate of drug-likeness (QED) is 0.314. The van der Waals surface area contributed by atoms with E-state index in [4.69, 9.17) is 4.74 Å². The number of rotatable bonds is 7. The summed E-state index contributed by atoms with van der Waals surface area (Å²) >= 11 is 0. The summed E-state index contributed by atoms with van der Waals surface area (Å²) in [7, 11) is 0. The zero-order valence-corrected chi connectivity index (χ0v) is 19.8. The minimum atomic E-state index is -0.355. The number of esters is 1. The number of pyridine rings is 1. The van der Waals surface area contributed by atoms with Crippen LogP contribution in [0.4, 0.5) is 5.69 Å². The Morgan fingerprint density at radius 2 is 1.65 bits per heavy atom. The van der Waals surface area contributed by atoms with E-state index < -0.39 is 0 Å². The minimum absolute atomic E-state index is 0.0517. The largest absolute Gasteiger partial charge is 0.457 e. The third-order valence-corrected chi connectivity index (χ3v) is 5.39. The minimum Gasteiger partial charge on any atom is -0.457 e. The van der Waals surface area contributed by atoms with Gasteiger partial charge in [-0.25, -0.2) is 4.79 Å². The van der Waals surface area contributed by atoms with Gasteiger partial charge in [-0.1, -0.05) is 69.3 Å². The fourth-order valence-corrected chi connectivity index (χ4v) is 3.62. The first kappa shape index (κ1) is 24.6. The fraction of sp³-hybridized carbons (Fsp3) is 0.207. The predicted molar refractivity (Wildman–Crippen MR) is 137 cm³/mol. The van der Waals surface area contributed by atoms with Crippen molar-refractivity contribution in [2.75, 3.05) is 5.32 Å². The van der Waals surface area contributed by atoms with Gasteiger partial charge >= 0.3 is 5.97 Å². The van der Waals surface area contributed by atoms with E-state index in [1.54, 1.807) is 36.7 Å². The molecule has 0 unspecified atom stereocenters. The fourth-order valence-electron chi connectivity index (χ4n) is 3.62. The molecule has 4 aromatic rings. The number of carbonyl (C=O) groups is 2. The number of ether oxygens (including phenoxy) is 1. The number of anilines is 1. The second kappa shape index (κ2) is 12.3. The highest BCUT2D eigenvalue weighted by Crippen LogP contribution is 2.24. The molecule has 0 saturated heterocycles. The van der Waals surface area contributed by atoms with Crippen LogP contribution < -0.4 is 5.32 Å². The van der Waals surface area contributed by atoms with Crippen LogP contribution in [0.15, 0.2) is 91.3 Å². The van der Waals surface area contributed by atoms with E-state index in [2.05, 4.69) is 10.3 Å². The summed E-state index contributed by atoms with van der Waals surface area (Å²) in [4.78, 5) is 29.2. The lowest BCUT2D eigenvalue weighted by atomic mass is 9.94. The van der Waals surface area contributed by atoms with Crippen LogP contribution in [-0.2, 0) is 16.1 Å². The highest BCUT2D eigenvalue weighted by atomic mass is 16.5. The van der Waals surface area contributed by atoms with E-state index in [1.807, 2.05) is 75.4 Å². The van der Waals surface area contributed by atoms with Gasteiger partial charge in [-0.05, 0) is 53.3 Å². The van der Waals surface area contributed by atoms with E-state index in [0.717, 1.165) is 27.6 Å². The number of carbonyl (C=O) groups excluding carboxylic acids is 2. The first-order valence-corrected chi connectivity index (χ1v) is 11.6. The zero-order chi connectivity index (χ0) is 24.3. The number of fused-ring (bicyclic) bond motifs is 1. The molecule has 5 nitrogen and oxygen atoms in total. The van der Waals surface area contributed by atoms with Crippen molar-refractivity contribution in [3.05, 3.63) is 108 Å². The Labute approximate surface area is 200 Å². The number of nitrogens with one attached hydrogen (secondary N) is 1. The third-order valence-electron chi connectivity index (χ3n) is 5.39. The summed E-state index contributed by atoms with van der Waals surface area (Å²) in [5.41, 5.74) is 3.08. The SMILES string of the molecule is CC.CC[C@@H](C(=O)Nc1ccc2cnccc2c1)c1ccc(COC(=O)c2ccccc2)cc1. The van der Waals surface area contributed by atoms with Crippen LogP contribution >= 0.6 is 0 Å². The summed E-state index contributed by atoms with van der Waals surface area (Å²) in [5.74, 6) is -0.681. The first-order valence-electron chi connectivity index (χ1n) is 11.6. The lowest BCUT2D eigenvalue weighted by Crippen LogP contribution is -2.20. The van der Waals surface area contributed by atoms with Crippen molar-refractivity contribution in [2.45, 2.75) is 39.7 Å². The van der Waals surface area contributed by atoms with Crippen LogP contribution in [-0.4, -0.2) is 16.9 Å². The van der Waals surface area contributed by atoms with Crippen molar-refractivity contribution in [3.8, 4) is 0 Å². The number of amides is 1. The van der Waals surface area contributed by atoms with Gasteiger partial charge < -0.3 is 10.1 Å². The maximum atomic E-state index is 12.9. The zero-order valence-electron chi connectivity index (χ0n) is 19.8. The molecule has 0 aliphatic carbocycles. The molecule has 4 rings (SSSR count). The molecule has 0 radical (unpaired) electrons. The Morgan fingerprint density at radius 1 is 0.912 bits per heavy atom. The van der Waals surface area contributed by atoms with Crippen molar-refractivity contribution in [2.24, 2.45) is 0 Å². The number of hydrogen-bond donors (Lipinski definition) is 1. The van der Waals surface area contributed by atoms with Gasteiger partial charge in [-0.3, -0.25) is 9.78 Å². The van der Waals surface area contributed by atoms with E-state index >= 15 is 0 Å². The number of hydrogen-bond acceptors (Lipinski definition) is 4. The van der Waals surface area contributed by atoms with E-state index in [9.17, 15) is 9.59 Å². The molecule has 1 atom stereocenters. The van der Waals surface area contributed by atoms with Crippen LogP contribution in [0.3, 0.4) is 0 Å². The number of aromatic nitrogens is 1. The summed E-state index contributed by atoms with van der Waals surface area (Å²) in [6.45, 7) is 6.18. The molecule has 0 aliphatic heterocycles. The number of benzene rings is 3. The average Bonchev–Trinajstić information content (AvgIpc) is 2.90. The van der Waals surface area contributed by atoms with Crippen LogP contribution in [0.25, 0.3) is 10.8 Å². The van der Waals surface area contributed by atoms with Gasteiger partial charge in [0.15, 0.2) is 0 Å². The normalized spacial score (nSPS) is 11.1. The van der Waals surface area contributed by atoms with Gasteiger partial charge in [0.05, 0.1) is 11.5 Å². The molecule has 174 valence electrons. The monoisotopic (exact) mass is 454 g/mol. The molecule has 1 N–H and O–H groups in total. The lowest BCUT2D eigenvalue weighted by molar-refractivity contribution is -0.117. The highest BCUT2D eigenvalue weighted by Gasteiger charge is 2.19. The Morgan fingerprint density at radius 3 is 2.35 bits per heavy atom. The van der Waals surface area contributed by atoms with Gasteiger partial charge in [-0.2, -0.15) is 0 Å². The van der Waals surface area contributed by atoms with Crippen molar-refractivity contribution in [1.82, 2.24) is 4.98 Å². The molecule has 0 spiro atoms. The maximum Gasteiger partial charge on any atom is 0.338 e. The summed E-state index contributed by atoms with van der Waals surface area (Å²) in [6, 6.07) is 24.3. The van der Waals surface area contributed by atoms with E-state index in [0.29, 0.717) is 12.0 Å². The van der Waals surface area contributed by atoms with Crippen molar-refractivity contribution < 1.29 is 14.3 Å². The molecule has 0 bridgehead atoms. The lowest BCUT2D eigenvalue weighted by Gasteiger charge is -2.16. The van der Waals surface area contributed by atoms with Crippen LogP contribution in [0.5, 0.6) is 0 Å². The first-order chi connectivity index (χ1) is 16.6. The summed E-state index contributed by atoms with van der Waals surface area (Å²) in [6.07, 6.45) is 4.21. The van der Waals surface area contributed by atoms with Gasteiger partial charge in [0.25, 0.3) is 0 Å². The average molecular weight is 455 g/mol. The Bertz CT molecular complexity index is 1220. The van der Waals surface area contributed by atoms with Gasteiger partial charge in [-0.15, -0.1) is 0 Å². The smallest absolute Gasteiger partial charge is 0.338 e. The Kier molecular flexibility index (Phi) is 8.92. The number of nitrogens with zero attached hydrogens (tertiary/aromatic N) is 1. The van der Waals surface area contributed by atoms with Gasteiger partial charge in [0.1, 0.15) is 6.61 Å². The van der Waals surface area contributed by atoms with Crippen molar-refractivity contribution in [3.63, 3.8) is 0 Å². The van der Waals surface area contributed by atoms with Crippen molar-refractivity contribution in [1.29, 1.82) is 0 Å². The predicted octanol–water partition coefficient (Wildman–Crippen LogP) is 6.75. The highest BCUT2D eigenvalue weighted by molar-refractivity contribution is 5.98. The van der Waals surface area contributed by atoms with Gasteiger partial charge in [0.2, 0.25) is 5.91 Å². The topological polar surface area (TPSA) is 68.3 Å². The Hall–Kier alpha value is -3.99.